The Bertz CT molecular complexity index is 1230. The molecule has 4 aromatic rings. The number of benzene rings is 1. The van der Waals surface area contributed by atoms with Gasteiger partial charge in [-0.25, -0.2) is 4.39 Å². The molecular formula is C21H16FN5O. The number of aromatic nitrogens is 4. The van der Waals surface area contributed by atoms with Gasteiger partial charge in [0.25, 0.3) is 5.91 Å². The number of nitrogens with zero attached hydrogens (tertiary/aromatic N) is 5. The van der Waals surface area contributed by atoms with Gasteiger partial charge in [0.2, 0.25) is 0 Å². The predicted octanol–water partition coefficient (Wildman–Crippen LogP) is 3.33. The number of amides is 1. The number of hydrogen-bond acceptors (Lipinski definition) is 4. The molecule has 3 aromatic heterocycles. The van der Waals surface area contributed by atoms with Crippen molar-refractivity contribution in [2.75, 3.05) is 0 Å². The summed E-state index contributed by atoms with van der Waals surface area (Å²) in [5.41, 5.74) is 4.11. The normalized spacial score (nSPS) is 13.4. The van der Waals surface area contributed by atoms with E-state index in [4.69, 9.17) is 0 Å². The Morgan fingerprint density at radius 2 is 2.07 bits per heavy atom. The van der Waals surface area contributed by atoms with Crippen molar-refractivity contribution < 1.29 is 9.18 Å². The van der Waals surface area contributed by atoms with Crippen LogP contribution in [-0.2, 0) is 20.1 Å². The molecule has 4 heterocycles. The predicted molar refractivity (Wildman–Crippen MR) is 102 cm³/mol. The van der Waals surface area contributed by atoms with Crippen LogP contribution in [0.5, 0.6) is 0 Å². The number of carbonyl (C=O) groups excluding carboxylic acids is 1. The van der Waals surface area contributed by atoms with Gasteiger partial charge in [-0.2, -0.15) is 5.10 Å². The molecule has 0 spiro atoms. The lowest BCUT2D eigenvalue weighted by molar-refractivity contribution is 0.0765. The Kier molecular flexibility index (Phi) is 3.68. The molecule has 1 aromatic carbocycles. The lowest BCUT2D eigenvalue weighted by atomic mass is 10.0. The van der Waals surface area contributed by atoms with Gasteiger partial charge in [-0.1, -0.05) is 12.1 Å². The van der Waals surface area contributed by atoms with Crippen LogP contribution in [0.15, 0.2) is 55.1 Å². The first-order valence-corrected chi connectivity index (χ1v) is 8.89. The van der Waals surface area contributed by atoms with Gasteiger partial charge in [0.1, 0.15) is 11.3 Å². The summed E-state index contributed by atoms with van der Waals surface area (Å²) in [5.74, 6) is -0.467. The zero-order chi connectivity index (χ0) is 19.3. The van der Waals surface area contributed by atoms with Crippen molar-refractivity contribution in [1.29, 1.82) is 0 Å². The quantitative estimate of drug-likeness (QED) is 0.553. The van der Waals surface area contributed by atoms with Gasteiger partial charge < -0.3 is 4.90 Å². The summed E-state index contributed by atoms with van der Waals surface area (Å²) < 4.78 is 16.6. The molecule has 138 valence electrons. The average Bonchev–Trinajstić information content (AvgIpc) is 3.22. The van der Waals surface area contributed by atoms with Crippen LogP contribution in [0.3, 0.4) is 0 Å². The van der Waals surface area contributed by atoms with E-state index >= 15 is 0 Å². The second-order valence-electron chi connectivity index (χ2n) is 6.89. The average molecular weight is 373 g/mol. The molecular weight excluding hydrogens is 357 g/mol. The zero-order valence-electron chi connectivity index (χ0n) is 15.1. The number of pyridine rings is 2. The van der Waals surface area contributed by atoms with E-state index in [0.717, 1.165) is 27.7 Å². The van der Waals surface area contributed by atoms with E-state index in [0.29, 0.717) is 17.7 Å². The molecule has 0 bridgehead atoms. The molecule has 0 aliphatic carbocycles. The summed E-state index contributed by atoms with van der Waals surface area (Å²) in [5, 5.41) is 5.26. The molecule has 28 heavy (non-hydrogen) atoms. The van der Waals surface area contributed by atoms with Gasteiger partial charge in [-0.15, -0.1) is 0 Å². The molecule has 6 nitrogen and oxygen atoms in total. The van der Waals surface area contributed by atoms with Crippen molar-refractivity contribution in [3.63, 3.8) is 0 Å². The summed E-state index contributed by atoms with van der Waals surface area (Å²) in [6.07, 6.45) is 6.96. The zero-order valence-corrected chi connectivity index (χ0v) is 15.1. The Hall–Kier alpha value is -3.61. The Morgan fingerprint density at radius 3 is 2.89 bits per heavy atom. The molecule has 0 radical (unpaired) electrons. The largest absolute Gasteiger partial charge is 0.328 e. The third kappa shape index (κ3) is 2.63. The highest BCUT2D eigenvalue weighted by Gasteiger charge is 2.28. The van der Waals surface area contributed by atoms with Crippen molar-refractivity contribution in [3.8, 4) is 11.1 Å². The van der Waals surface area contributed by atoms with Crippen LogP contribution in [0.1, 0.15) is 21.6 Å². The molecule has 0 atom stereocenters. The van der Waals surface area contributed by atoms with Gasteiger partial charge >= 0.3 is 0 Å². The maximum Gasteiger partial charge on any atom is 0.256 e. The molecule has 1 aliphatic rings. The SMILES string of the molecule is Cn1cc2c(-c3ccc(CN4Cc5ncccc5C4=O)c(F)c3)cncc2n1. The van der Waals surface area contributed by atoms with Crippen LogP contribution in [-0.4, -0.2) is 30.6 Å². The maximum atomic E-state index is 14.9. The minimum atomic E-state index is -0.352. The van der Waals surface area contributed by atoms with Crippen LogP contribution < -0.4 is 0 Å². The van der Waals surface area contributed by atoms with Crippen molar-refractivity contribution in [2.24, 2.45) is 7.05 Å². The Balaban J connectivity index is 1.45. The minimum absolute atomic E-state index is 0.115. The number of hydrogen-bond donors (Lipinski definition) is 0. The van der Waals surface area contributed by atoms with Crippen LogP contribution in [0.2, 0.25) is 0 Å². The van der Waals surface area contributed by atoms with Gasteiger partial charge in [0, 0.05) is 48.7 Å². The van der Waals surface area contributed by atoms with E-state index in [1.54, 1.807) is 46.4 Å². The molecule has 5 rings (SSSR count). The highest BCUT2D eigenvalue weighted by atomic mass is 19.1. The number of rotatable bonds is 3. The third-order valence-corrected chi connectivity index (χ3v) is 5.02. The first-order chi connectivity index (χ1) is 13.6. The van der Waals surface area contributed by atoms with Crippen LogP contribution in [0.4, 0.5) is 4.39 Å². The summed E-state index contributed by atoms with van der Waals surface area (Å²) in [7, 11) is 1.84. The topological polar surface area (TPSA) is 63.9 Å². The van der Waals surface area contributed by atoms with Crippen LogP contribution in [0.25, 0.3) is 22.0 Å². The second kappa shape index (κ2) is 6.23. The molecule has 0 saturated carbocycles. The molecule has 1 aliphatic heterocycles. The van der Waals surface area contributed by atoms with Crippen LogP contribution >= 0.6 is 0 Å². The number of fused-ring (bicyclic) bond motifs is 2. The first-order valence-electron chi connectivity index (χ1n) is 8.89. The summed E-state index contributed by atoms with van der Waals surface area (Å²) in [4.78, 5) is 22.6. The molecule has 7 heteroatoms. The van der Waals surface area contributed by atoms with E-state index in [2.05, 4.69) is 15.1 Å². The lowest BCUT2D eigenvalue weighted by Gasteiger charge is -2.16. The van der Waals surface area contributed by atoms with Crippen LogP contribution in [0, 0.1) is 5.82 Å². The summed E-state index contributed by atoms with van der Waals surface area (Å²) in [6, 6.07) is 8.57. The van der Waals surface area contributed by atoms with E-state index in [9.17, 15) is 9.18 Å². The molecule has 1 amide bonds. The lowest BCUT2D eigenvalue weighted by Crippen LogP contribution is -2.23. The standard InChI is InChI=1S/C21H16FN5O/c1-26-11-17-16(8-23-9-19(17)25-26)13-4-5-14(18(22)7-13)10-27-12-20-15(21(27)28)3-2-6-24-20/h2-9,11H,10,12H2,1H3. The molecule has 0 unspecified atom stereocenters. The number of halogens is 1. The monoisotopic (exact) mass is 373 g/mol. The number of aryl methyl sites for hydroxylation is 1. The first kappa shape index (κ1) is 16.6. The van der Waals surface area contributed by atoms with Gasteiger partial charge in [0.15, 0.2) is 0 Å². The van der Waals surface area contributed by atoms with Gasteiger partial charge in [-0.05, 0) is 23.8 Å². The van der Waals surface area contributed by atoms with E-state index in [1.165, 1.54) is 6.07 Å². The highest BCUT2D eigenvalue weighted by molar-refractivity contribution is 5.97. The molecule has 0 fully saturated rings. The van der Waals surface area contributed by atoms with E-state index < -0.39 is 0 Å². The van der Waals surface area contributed by atoms with Gasteiger partial charge in [0.05, 0.1) is 24.0 Å². The van der Waals surface area contributed by atoms with E-state index in [-0.39, 0.29) is 18.3 Å². The molecule has 0 saturated heterocycles. The second-order valence-corrected chi connectivity index (χ2v) is 6.89. The van der Waals surface area contributed by atoms with Crippen molar-refractivity contribution in [1.82, 2.24) is 24.6 Å². The Labute approximate surface area is 160 Å². The minimum Gasteiger partial charge on any atom is -0.328 e. The maximum absolute atomic E-state index is 14.9. The fourth-order valence-electron chi connectivity index (χ4n) is 3.65. The van der Waals surface area contributed by atoms with Gasteiger partial charge in [-0.3, -0.25) is 19.4 Å². The summed E-state index contributed by atoms with van der Waals surface area (Å²) >= 11 is 0. The van der Waals surface area contributed by atoms with Crippen molar-refractivity contribution in [2.45, 2.75) is 13.1 Å². The van der Waals surface area contributed by atoms with E-state index in [1.807, 2.05) is 19.3 Å². The summed E-state index contributed by atoms with van der Waals surface area (Å²) in [6.45, 7) is 0.603. The fraction of sp³-hybridized carbons (Fsp3) is 0.143. The van der Waals surface area contributed by atoms with Crippen molar-refractivity contribution >= 4 is 16.8 Å². The molecule has 0 N–H and O–H groups in total. The smallest absolute Gasteiger partial charge is 0.256 e. The van der Waals surface area contributed by atoms with Crippen molar-refractivity contribution in [3.05, 3.63) is 77.8 Å². The highest BCUT2D eigenvalue weighted by Crippen LogP contribution is 2.29. The fourth-order valence-corrected chi connectivity index (χ4v) is 3.65. The Morgan fingerprint density at radius 1 is 1.18 bits per heavy atom. The third-order valence-electron chi connectivity index (χ3n) is 5.02. The number of carbonyl (C=O) groups is 1.